The third-order valence-corrected chi connectivity index (χ3v) is 3.01. The molecule has 1 N–H and O–H groups in total. The molecule has 3 heteroatoms. The van der Waals surface area contributed by atoms with Crippen LogP contribution in [0.4, 0.5) is 0 Å². The number of nitrogens with one attached hydrogen (secondary N) is 1. The largest absolute Gasteiger partial charge is 0.307 e. The first-order valence-corrected chi connectivity index (χ1v) is 5.94. The van der Waals surface area contributed by atoms with E-state index < -0.39 is 0 Å². The highest BCUT2D eigenvalue weighted by atomic mass is 32.1. The summed E-state index contributed by atoms with van der Waals surface area (Å²) in [4.78, 5) is 5.90. The Morgan fingerprint density at radius 2 is 2.00 bits per heavy atom. The second kappa shape index (κ2) is 4.41. The molecule has 0 unspecified atom stereocenters. The van der Waals surface area contributed by atoms with Crippen molar-refractivity contribution in [3.05, 3.63) is 15.6 Å². The van der Waals surface area contributed by atoms with Crippen molar-refractivity contribution in [2.75, 3.05) is 0 Å². The summed E-state index contributed by atoms with van der Waals surface area (Å²) in [5.74, 6) is 0. The lowest BCUT2D eigenvalue weighted by Gasteiger charge is -2.20. The van der Waals surface area contributed by atoms with Gasteiger partial charge >= 0.3 is 0 Å². The van der Waals surface area contributed by atoms with Gasteiger partial charge in [-0.25, -0.2) is 4.98 Å². The molecule has 0 saturated carbocycles. The van der Waals surface area contributed by atoms with Crippen LogP contribution < -0.4 is 5.32 Å². The Balaban J connectivity index is 2.66. The van der Waals surface area contributed by atoms with Gasteiger partial charge < -0.3 is 5.32 Å². The second-order valence-electron chi connectivity index (χ2n) is 4.56. The van der Waals surface area contributed by atoms with Gasteiger partial charge in [-0.15, -0.1) is 11.3 Å². The minimum atomic E-state index is 0.183. The normalized spacial score (nSPS) is 12.1. The van der Waals surface area contributed by atoms with Crippen molar-refractivity contribution < 1.29 is 0 Å². The molecule has 0 spiro atoms. The molecule has 0 bridgehead atoms. The van der Waals surface area contributed by atoms with Crippen LogP contribution in [0.1, 0.15) is 43.3 Å². The van der Waals surface area contributed by atoms with Gasteiger partial charge in [-0.05, 0) is 34.1 Å². The lowest BCUT2D eigenvalue weighted by molar-refractivity contribution is 0.425. The summed E-state index contributed by atoms with van der Waals surface area (Å²) in [5, 5.41) is 4.67. The molecule has 0 amide bonds. The number of hydrogen-bond donors (Lipinski definition) is 1. The molecular weight excluding hydrogens is 192 g/mol. The molecule has 1 aromatic rings. The summed E-state index contributed by atoms with van der Waals surface area (Å²) in [6.07, 6.45) is 1.03. The van der Waals surface area contributed by atoms with Gasteiger partial charge in [-0.2, -0.15) is 0 Å². The van der Waals surface area contributed by atoms with E-state index in [0.717, 1.165) is 13.0 Å². The number of aryl methyl sites for hydroxylation is 2. The molecule has 0 atom stereocenters. The van der Waals surface area contributed by atoms with Crippen molar-refractivity contribution in [2.45, 2.75) is 53.1 Å². The van der Waals surface area contributed by atoms with Crippen LogP contribution in [-0.4, -0.2) is 10.5 Å². The van der Waals surface area contributed by atoms with Crippen molar-refractivity contribution in [1.82, 2.24) is 10.3 Å². The lowest BCUT2D eigenvalue weighted by Crippen LogP contribution is -2.35. The van der Waals surface area contributed by atoms with E-state index in [9.17, 15) is 0 Å². The second-order valence-corrected chi connectivity index (χ2v) is 5.85. The first kappa shape index (κ1) is 11.7. The predicted octanol–water partition coefficient (Wildman–Crippen LogP) is 2.90. The Bertz CT molecular complexity index is 297. The van der Waals surface area contributed by atoms with E-state index >= 15 is 0 Å². The third kappa shape index (κ3) is 3.39. The summed E-state index contributed by atoms with van der Waals surface area (Å²) in [7, 11) is 0. The van der Waals surface area contributed by atoms with E-state index in [4.69, 9.17) is 0 Å². The lowest BCUT2D eigenvalue weighted by atomic mass is 10.1. The SMILES string of the molecule is CCc1nc(C)sc1CNC(C)(C)C. The number of aromatic nitrogens is 1. The maximum absolute atomic E-state index is 4.51. The Labute approximate surface area is 90.8 Å². The monoisotopic (exact) mass is 212 g/mol. The van der Waals surface area contributed by atoms with Crippen LogP contribution in [0.3, 0.4) is 0 Å². The molecule has 1 rings (SSSR count). The summed E-state index contributed by atoms with van der Waals surface area (Å²) >= 11 is 1.81. The van der Waals surface area contributed by atoms with Gasteiger partial charge in [0.2, 0.25) is 0 Å². The van der Waals surface area contributed by atoms with Crippen molar-refractivity contribution in [3.63, 3.8) is 0 Å². The molecule has 2 nitrogen and oxygen atoms in total. The fourth-order valence-electron chi connectivity index (χ4n) is 1.27. The number of hydrogen-bond acceptors (Lipinski definition) is 3. The summed E-state index contributed by atoms with van der Waals surface area (Å²) < 4.78 is 0. The number of thiazole rings is 1. The standard InChI is InChI=1S/C11H20N2S/c1-6-9-10(14-8(2)13-9)7-12-11(3,4)5/h12H,6-7H2,1-5H3. The third-order valence-electron chi connectivity index (χ3n) is 2.00. The van der Waals surface area contributed by atoms with Crippen LogP contribution in [-0.2, 0) is 13.0 Å². The molecule has 14 heavy (non-hydrogen) atoms. The van der Waals surface area contributed by atoms with E-state index in [-0.39, 0.29) is 5.54 Å². The minimum absolute atomic E-state index is 0.183. The van der Waals surface area contributed by atoms with Gasteiger partial charge in [0, 0.05) is 17.0 Å². The van der Waals surface area contributed by atoms with Crippen LogP contribution in [0.5, 0.6) is 0 Å². The van der Waals surface area contributed by atoms with Crippen LogP contribution in [0.15, 0.2) is 0 Å². The highest BCUT2D eigenvalue weighted by Gasteiger charge is 2.12. The summed E-state index contributed by atoms with van der Waals surface area (Å²) in [6.45, 7) is 11.7. The molecule has 1 aromatic heterocycles. The maximum Gasteiger partial charge on any atom is 0.0900 e. The first-order valence-electron chi connectivity index (χ1n) is 5.12. The Morgan fingerprint density at radius 1 is 1.36 bits per heavy atom. The van der Waals surface area contributed by atoms with Gasteiger partial charge in [-0.3, -0.25) is 0 Å². The Kier molecular flexibility index (Phi) is 3.67. The average molecular weight is 212 g/mol. The zero-order chi connectivity index (χ0) is 10.8. The molecule has 0 aliphatic rings. The maximum atomic E-state index is 4.51. The fraction of sp³-hybridized carbons (Fsp3) is 0.727. The van der Waals surface area contributed by atoms with E-state index in [1.54, 1.807) is 11.3 Å². The molecule has 0 aliphatic carbocycles. The number of nitrogens with zero attached hydrogens (tertiary/aromatic N) is 1. The molecule has 0 radical (unpaired) electrons. The van der Waals surface area contributed by atoms with Crippen LogP contribution in [0.25, 0.3) is 0 Å². The quantitative estimate of drug-likeness (QED) is 0.833. The van der Waals surface area contributed by atoms with Crippen molar-refractivity contribution in [3.8, 4) is 0 Å². The number of rotatable bonds is 3. The van der Waals surface area contributed by atoms with Crippen LogP contribution >= 0.6 is 11.3 Å². The predicted molar refractivity (Wildman–Crippen MR) is 62.8 cm³/mol. The molecule has 0 saturated heterocycles. The van der Waals surface area contributed by atoms with Gasteiger partial charge in [0.1, 0.15) is 0 Å². The summed E-state index contributed by atoms with van der Waals surface area (Å²) in [6, 6.07) is 0. The summed E-state index contributed by atoms with van der Waals surface area (Å²) in [5.41, 5.74) is 1.44. The van der Waals surface area contributed by atoms with Crippen LogP contribution in [0, 0.1) is 6.92 Å². The van der Waals surface area contributed by atoms with E-state index in [2.05, 4.69) is 44.9 Å². The van der Waals surface area contributed by atoms with Gasteiger partial charge in [0.25, 0.3) is 0 Å². The molecule has 1 heterocycles. The van der Waals surface area contributed by atoms with Crippen molar-refractivity contribution >= 4 is 11.3 Å². The van der Waals surface area contributed by atoms with Gasteiger partial charge in [0.15, 0.2) is 0 Å². The minimum Gasteiger partial charge on any atom is -0.307 e. The molecule has 0 aliphatic heterocycles. The topological polar surface area (TPSA) is 24.9 Å². The Hall–Kier alpha value is -0.410. The Morgan fingerprint density at radius 3 is 2.50 bits per heavy atom. The van der Waals surface area contributed by atoms with Gasteiger partial charge in [-0.1, -0.05) is 6.92 Å². The van der Waals surface area contributed by atoms with Crippen LogP contribution in [0.2, 0.25) is 0 Å². The fourth-order valence-corrected chi connectivity index (χ4v) is 2.24. The van der Waals surface area contributed by atoms with Crippen molar-refractivity contribution in [2.24, 2.45) is 0 Å². The molecule has 80 valence electrons. The zero-order valence-electron chi connectivity index (χ0n) is 9.77. The zero-order valence-corrected chi connectivity index (χ0v) is 10.6. The van der Waals surface area contributed by atoms with E-state index in [1.165, 1.54) is 15.6 Å². The molecule has 0 aromatic carbocycles. The molecule has 0 fully saturated rings. The van der Waals surface area contributed by atoms with Gasteiger partial charge in [0.05, 0.1) is 10.7 Å². The van der Waals surface area contributed by atoms with Crippen molar-refractivity contribution in [1.29, 1.82) is 0 Å². The highest BCUT2D eigenvalue weighted by molar-refractivity contribution is 7.11. The van der Waals surface area contributed by atoms with E-state index in [0.29, 0.717) is 0 Å². The average Bonchev–Trinajstić information content (AvgIpc) is 2.41. The first-order chi connectivity index (χ1) is 6.42. The smallest absolute Gasteiger partial charge is 0.0900 e. The highest BCUT2D eigenvalue weighted by Crippen LogP contribution is 2.19. The molecular formula is C11H20N2S. The van der Waals surface area contributed by atoms with E-state index in [1.807, 2.05) is 0 Å².